The van der Waals surface area contributed by atoms with Crippen molar-refractivity contribution in [2.75, 3.05) is 0 Å². The zero-order valence-corrected chi connectivity index (χ0v) is 27.4. The van der Waals surface area contributed by atoms with E-state index in [1.54, 1.807) is 0 Å². The van der Waals surface area contributed by atoms with Crippen molar-refractivity contribution in [3.63, 3.8) is 0 Å². The minimum Gasteiger partial charge on any atom is -0.247 e. The number of hydrogen-bond donors (Lipinski definition) is 0. The SMILES string of the molecule is CCCCC/C=C\C/C=C\CCCCCCCC(=O)OOC(=O)[C@H](C)CCCCCC/C=C\CCCCCCCC. The summed E-state index contributed by atoms with van der Waals surface area (Å²) < 4.78 is 0. The molecule has 0 heterocycles. The van der Waals surface area contributed by atoms with Crippen LogP contribution >= 0.6 is 0 Å². The molecule has 0 aliphatic carbocycles. The predicted octanol–water partition coefficient (Wildman–Crippen LogP) is 12.1. The van der Waals surface area contributed by atoms with Crippen molar-refractivity contribution in [1.82, 2.24) is 0 Å². The van der Waals surface area contributed by atoms with Crippen LogP contribution in [0.5, 0.6) is 0 Å². The Morgan fingerprint density at radius 1 is 0.512 bits per heavy atom. The highest BCUT2D eigenvalue weighted by atomic mass is 17.2. The van der Waals surface area contributed by atoms with E-state index in [0.717, 1.165) is 57.8 Å². The van der Waals surface area contributed by atoms with Crippen LogP contribution in [-0.2, 0) is 19.4 Å². The zero-order chi connectivity index (χ0) is 30.1. The molecular formula is C37H66O4. The molecule has 1 atom stereocenters. The normalized spacial score (nSPS) is 12.6. The van der Waals surface area contributed by atoms with E-state index in [-0.39, 0.29) is 5.92 Å². The monoisotopic (exact) mass is 574 g/mol. The molecule has 0 spiro atoms. The molecule has 0 unspecified atom stereocenters. The first-order valence-electron chi connectivity index (χ1n) is 17.5. The molecule has 0 aromatic heterocycles. The van der Waals surface area contributed by atoms with Gasteiger partial charge in [-0.2, -0.15) is 0 Å². The molecule has 4 heteroatoms. The van der Waals surface area contributed by atoms with E-state index in [4.69, 9.17) is 9.78 Å². The molecule has 0 aliphatic rings. The molecular weight excluding hydrogens is 508 g/mol. The highest BCUT2D eigenvalue weighted by molar-refractivity contribution is 5.74. The molecule has 0 fully saturated rings. The van der Waals surface area contributed by atoms with Crippen LogP contribution in [0.1, 0.15) is 181 Å². The van der Waals surface area contributed by atoms with Crippen LogP contribution < -0.4 is 0 Å². The van der Waals surface area contributed by atoms with Crippen molar-refractivity contribution in [2.24, 2.45) is 5.92 Å². The smallest absolute Gasteiger partial charge is 0.247 e. The van der Waals surface area contributed by atoms with Gasteiger partial charge in [0.15, 0.2) is 0 Å². The van der Waals surface area contributed by atoms with Gasteiger partial charge in [-0.3, -0.25) is 0 Å². The summed E-state index contributed by atoms with van der Waals surface area (Å²) in [6.45, 7) is 6.35. The van der Waals surface area contributed by atoms with Crippen molar-refractivity contribution in [1.29, 1.82) is 0 Å². The molecule has 0 amide bonds. The standard InChI is InChI=1S/C37H66O4/c1-4-6-8-10-12-14-16-18-20-22-24-26-28-30-32-34-36(38)40-41-37(39)35(3)33-31-29-27-25-23-21-19-17-15-13-11-9-7-5-2/h12,14,18-21,35H,4-11,13,15-17,22-34H2,1-3H3/b14-12-,20-18-,21-19-/t35-/m1/s1. The first kappa shape index (κ1) is 39.2. The number of carbonyl (C=O) groups excluding carboxylic acids is 2. The van der Waals surface area contributed by atoms with Gasteiger partial charge >= 0.3 is 11.9 Å². The molecule has 0 bridgehead atoms. The maximum Gasteiger partial charge on any atom is 0.358 e. The minimum atomic E-state index is -0.444. The molecule has 0 aliphatic heterocycles. The summed E-state index contributed by atoms with van der Waals surface area (Å²) in [5.41, 5.74) is 0. The van der Waals surface area contributed by atoms with Crippen molar-refractivity contribution >= 4 is 11.9 Å². The second kappa shape index (κ2) is 32.7. The Kier molecular flexibility index (Phi) is 31.2. The fourth-order valence-electron chi connectivity index (χ4n) is 4.75. The summed E-state index contributed by atoms with van der Waals surface area (Å²) in [4.78, 5) is 33.5. The summed E-state index contributed by atoms with van der Waals surface area (Å²) >= 11 is 0. The van der Waals surface area contributed by atoms with Crippen LogP contribution in [0.25, 0.3) is 0 Å². The van der Waals surface area contributed by atoms with Gasteiger partial charge in [0.25, 0.3) is 0 Å². The van der Waals surface area contributed by atoms with Crippen molar-refractivity contribution in [3.8, 4) is 0 Å². The summed E-state index contributed by atoms with van der Waals surface area (Å²) in [5.74, 6) is -1.12. The maximum atomic E-state index is 12.1. The summed E-state index contributed by atoms with van der Waals surface area (Å²) in [5, 5.41) is 0. The molecule has 41 heavy (non-hydrogen) atoms. The number of unbranched alkanes of at least 4 members (excludes halogenated alkanes) is 18. The van der Waals surface area contributed by atoms with Gasteiger partial charge in [0, 0.05) is 0 Å². The van der Waals surface area contributed by atoms with Crippen molar-refractivity contribution in [3.05, 3.63) is 36.5 Å². The topological polar surface area (TPSA) is 52.6 Å². The lowest BCUT2D eigenvalue weighted by Crippen LogP contribution is -2.17. The summed E-state index contributed by atoms with van der Waals surface area (Å²) in [7, 11) is 0. The van der Waals surface area contributed by atoms with Crippen LogP contribution in [-0.4, -0.2) is 11.9 Å². The van der Waals surface area contributed by atoms with Crippen LogP contribution in [0.4, 0.5) is 0 Å². The van der Waals surface area contributed by atoms with E-state index in [0.29, 0.717) is 6.42 Å². The van der Waals surface area contributed by atoms with Crippen LogP contribution in [0.3, 0.4) is 0 Å². The third-order valence-corrected chi connectivity index (χ3v) is 7.60. The Labute approximate surface area is 254 Å². The number of allylic oxidation sites excluding steroid dienone is 6. The molecule has 0 rings (SSSR count). The average molecular weight is 575 g/mol. The fraction of sp³-hybridized carbons (Fsp3) is 0.784. The molecule has 0 N–H and O–H groups in total. The van der Waals surface area contributed by atoms with Gasteiger partial charge < -0.3 is 0 Å². The quantitative estimate of drug-likeness (QED) is 0.0386. The van der Waals surface area contributed by atoms with E-state index in [1.807, 2.05) is 6.92 Å². The largest absolute Gasteiger partial charge is 0.358 e. The molecule has 0 aromatic rings. The first-order chi connectivity index (χ1) is 20.1. The summed E-state index contributed by atoms with van der Waals surface area (Å²) in [6.07, 6.45) is 42.4. The summed E-state index contributed by atoms with van der Waals surface area (Å²) in [6, 6.07) is 0. The number of hydrogen-bond acceptors (Lipinski definition) is 4. The molecule has 4 nitrogen and oxygen atoms in total. The second-order valence-corrected chi connectivity index (χ2v) is 11.8. The third-order valence-electron chi connectivity index (χ3n) is 7.60. The van der Waals surface area contributed by atoms with E-state index in [9.17, 15) is 9.59 Å². The molecule has 0 radical (unpaired) electrons. The Balaban J connectivity index is 3.52. The molecule has 0 saturated heterocycles. The third kappa shape index (κ3) is 30.9. The lowest BCUT2D eigenvalue weighted by Gasteiger charge is -2.09. The van der Waals surface area contributed by atoms with Gasteiger partial charge in [-0.05, 0) is 70.6 Å². The fourth-order valence-corrected chi connectivity index (χ4v) is 4.75. The number of carbonyl (C=O) groups is 2. The van der Waals surface area contributed by atoms with Gasteiger partial charge in [0.1, 0.15) is 0 Å². The Morgan fingerprint density at radius 3 is 1.49 bits per heavy atom. The first-order valence-corrected chi connectivity index (χ1v) is 17.5. The minimum absolute atomic E-state index is 0.240. The highest BCUT2D eigenvalue weighted by Crippen LogP contribution is 2.14. The van der Waals surface area contributed by atoms with E-state index >= 15 is 0 Å². The highest BCUT2D eigenvalue weighted by Gasteiger charge is 2.17. The molecule has 0 saturated carbocycles. The van der Waals surface area contributed by atoms with Gasteiger partial charge in [-0.1, -0.05) is 141 Å². The Morgan fingerprint density at radius 2 is 0.927 bits per heavy atom. The van der Waals surface area contributed by atoms with Gasteiger partial charge in [-0.25, -0.2) is 19.4 Å². The average Bonchev–Trinajstić information content (AvgIpc) is 2.97. The lowest BCUT2D eigenvalue weighted by molar-refractivity contribution is -0.262. The van der Waals surface area contributed by atoms with Crippen LogP contribution in [0, 0.1) is 5.92 Å². The molecule has 0 aromatic carbocycles. The van der Waals surface area contributed by atoms with E-state index in [2.05, 4.69) is 50.3 Å². The predicted molar refractivity (Wildman–Crippen MR) is 176 cm³/mol. The zero-order valence-electron chi connectivity index (χ0n) is 27.4. The van der Waals surface area contributed by atoms with Crippen LogP contribution in [0.2, 0.25) is 0 Å². The van der Waals surface area contributed by atoms with Gasteiger partial charge in [0.2, 0.25) is 0 Å². The Hall–Kier alpha value is -1.84. The maximum absolute atomic E-state index is 12.1. The van der Waals surface area contributed by atoms with Crippen LogP contribution in [0.15, 0.2) is 36.5 Å². The second-order valence-electron chi connectivity index (χ2n) is 11.8. The van der Waals surface area contributed by atoms with E-state index < -0.39 is 11.9 Å². The van der Waals surface area contributed by atoms with Gasteiger partial charge in [-0.15, -0.1) is 0 Å². The van der Waals surface area contributed by atoms with Crippen molar-refractivity contribution in [2.45, 2.75) is 181 Å². The number of rotatable bonds is 29. The lowest BCUT2D eigenvalue weighted by atomic mass is 10.0. The molecule has 238 valence electrons. The van der Waals surface area contributed by atoms with Gasteiger partial charge in [0.05, 0.1) is 12.3 Å². The Bertz CT molecular complexity index is 664. The van der Waals surface area contributed by atoms with Crippen molar-refractivity contribution < 1.29 is 19.4 Å². The van der Waals surface area contributed by atoms with E-state index in [1.165, 1.54) is 96.3 Å².